The van der Waals surface area contributed by atoms with Gasteiger partial charge in [0, 0.05) is 46.0 Å². The molecule has 0 aromatic carbocycles. The highest BCUT2D eigenvalue weighted by Crippen LogP contribution is 2.11. The Morgan fingerprint density at radius 1 is 1.44 bits per heavy atom. The van der Waals surface area contributed by atoms with Gasteiger partial charge in [0.05, 0.1) is 6.61 Å². The van der Waals surface area contributed by atoms with E-state index in [1.165, 1.54) is 6.20 Å². The van der Waals surface area contributed by atoms with Crippen LogP contribution in [-0.2, 0) is 4.74 Å². The van der Waals surface area contributed by atoms with Crippen molar-refractivity contribution in [3.63, 3.8) is 0 Å². The Morgan fingerprint density at radius 3 is 2.83 bits per heavy atom. The summed E-state index contributed by atoms with van der Waals surface area (Å²) in [6.07, 6.45) is 1.40. The number of hydrogen-bond acceptors (Lipinski definition) is 5. The minimum atomic E-state index is -0.190. The average Bonchev–Trinajstić information content (AvgIpc) is 2.40. The van der Waals surface area contributed by atoms with Gasteiger partial charge in [-0.1, -0.05) is 11.6 Å². The second kappa shape index (κ2) is 6.17. The fraction of sp³-hybridized carbons (Fsp3) is 0.636. The summed E-state index contributed by atoms with van der Waals surface area (Å²) in [7, 11) is 1.70. The van der Waals surface area contributed by atoms with Crippen LogP contribution >= 0.6 is 11.6 Å². The van der Waals surface area contributed by atoms with Gasteiger partial charge in [0.25, 0.3) is 5.56 Å². The summed E-state index contributed by atoms with van der Waals surface area (Å²) in [5.41, 5.74) is -0.190. The quantitative estimate of drug-likeness (QED) is 0.848. The van der Waals surface area contributed by atoms with Crippen molar-refractivity contribution in [2.75, 3.05) is 51.3 Å². The molecule has 0 unspecified atom stereocenters. The third kappa shape index (κ3) is 3.22. The summed E-state index contributed by atoms with van der Waals surface area (Å²) in [6.45, 7) is 5.01. The van der Waals surface area contributed by atoms with Crippen molar-refractivity contribution in [2.45, 2.75) is 0 Å². The summed E-state index contributed by atoms with van der Waals surface area (Å²) in [4.78, 5) is 22.6. The molecule has 7 heteroatoms. The molecule has 0 radical (unpaired) electrons. The van der Waals surface area contributed by atoms with Gasteiger partial charge in [-0.3, -0.25) is 9.69 Å². The number of aromatic amines is 1. The molecule has 1 fully saturated rings. The molecule has 0 aliphatic carbocycles. The average molecular weight is 273 g/mol. The minimum Gasteiger partial charge on any atom is -0.383 e. The number of hydrogen-bond donors (Lipinski definition) is 1. The molecule has 1 aliphatic rings. The van der Waals surface area contributed by atoms with Crippen LogP contribution in [-0.4, -0.2) is 61.3 Å². The molecule has 2 rings (SSSR count). The first-order valence-corrected chi connectivity index (χ1v) is 6.30. The van der Waals surface area contributed by atoms with E-state index in [1.807, 2.05) is 4.90 Å². The van der Waals surface area contributed by atoms with Crippen molar-refractivity contribution >= 4 is 17.4 Å². The van der Waals surface area contributed by atoms with E-state index >= 15 is 0 Å². The third-order valence-corrected chi connectivity index (χ3v) is 3.22. The van der Waals surface area contributed by atoms with E-state index in [9.17, 15) is 4.79 Å². The molecule has 1 aromatic rings. The molecular formula is C11H17ClN4O2. The highest BCUT2D eigenvalue weighted by molar-refractivity contribution is 6.29. The van der Waals surface area contributed by atoms with Crippen molar-refractivity contribution in [3.05, 3.63) is 21.7 Å². The van der Waals surface area contributed by atoms with Gasteiger partial charge >= 0.3 is 0 Å². The van der Waals surface area contributed by atoms with Gasteiger partial charge in [-0.25, -0.2) is 4.98 Å². The van der Waals surface area contributed by atoms with Crippen molar-refractivity contribution in [3.8, 4) is 0 Å². The molecule has 0 atom stereocenters. The highest BCUT2D eigenvalue weighted by Gasteiger charge is 2.19. The molecule has 18 heavy (non-hydrogen) atoms. The number of piperazine rings is 1. The molecule has 6 nitrogen and oxygen atoms in total. The standard InChI is InChI=1S/C11H17ClN4O2/c1-18-7-6-15-2-4-16(5-3-15)10-11(17)13-8-9(12)14-10/h8H,2-7H2,1H3,(H,13,17). The van der Waals surface area contributed by atoms with Gasteiger partial charge in [0.15, 0.2) is 5.82 Å². The smallest absolute Gasteiger partial charge is 0.291 e. The number of H-pyrrole nitrogens is 1. The number of rotatable bonds is 4. The number of ether oxygens (including phenoxy) is 1. The van der Waals surface area contributed by atoms with Crippen LogP contribution in [0.3, 0.4) is 0 Å². The molecule has 0 bridgehead atoms. The maximum absolute atomic E-state index is 11.7. The van der Waals surface area contributed by atoms with Crippen LogP contribution in [0.5, 0.6) is 0 Å². The van der Waals surface area contributed by atoms with Crippen LogP contribution in [0, 0.1) is 0 Å². The van der Waals surface area contributed by atoms with E-state index in [0.29, 0.717) is 11.0 Å². The maximum Gasteiger partial charge on any atom is 0.291 e. The number of nitrogens with one attached hydrogen (secondary N) is 1. The Bertz CT molecular complexity index is 443. The lowest BCUT2D eigenvalue weighted by Gasteiger charge is -2.34. The second-order valence-electron chi connectivity index (χ2n) is 4.20. The fourth-order valence-corrected chi connectivity index (χ4v) is 2.13. The Balaban J connectivity index is 1.97. The molecule has 1 N–H and O–H groups in total. The van der Waals surface area contributed by atoms with Crippen molar-refractivity contribution in [1.82, 2.24) is 14.9 Å². The lowest BCUT2D eigenvalue weighted by Crippen LogP contribution is -2.49. The van der Waals surface area contributed by atoms with E-state index < -0.39 is 0 Å². The van der Waals surface area contributed by atoms with E-state index in [2.05, 4.69) is 14.9 Å². The van der Waals surface area contributed by atoms with Gasteiger partial charge in [0.2, 0.25) is 0 Å². The molecular weight excluding hydrogens is 256 g/mol. The maximum atomic E-state index is 11.7. The molecule has 1 saturated heterocycles. The zero-order valence-corrected chi connectivity index (χ0v) is 11.1. The predicted molar refractivity (Wildman–Crippen MR) is 70.4 cm³/mol. The first kappa shape index (κ1) is 13.3. The number of halogens is 1. The summed E-state index contributed by atoms with van der Waals surface area (Å²) in [5.74, 6) is 0.411. The van der Waals surface area contributed by atoms with Gasteiger partial charge in [-0.2, -0.15) is 0 Å². The zero-order valence-electron chi connectivity index (χ0n) is 10.4. The molecule has 0 saturated carbocycles. The lowest BCUT2D eigenvalue weighted by molar-refractivity contribution is 0.144. The number of aromatic nitrogens is 2. The van der Waals surface area contributed by atoms with Gasteiger partial charge in [0.1, 0.15) is 5.15 Å². The first-order valence-electron chi connectivity index (χ1n) is 5.92. The van der Waals surface area contributed by atoms with Crippen molar-refractivity contribution in [1.29, 1.82) is 0 Å². The van der Waals surface area contributed by atoms with Gasteiger partial charge < -0.3 is 14.6 Å². The summed E-state index contributed by atoms with van der Waals surface area (Å²) < 4.78 is 5.05. The molecule has 2 heterocycles. The van der Waals surface area contributed by atoms with Crippen LogP contribution in [0.25, 0.3) is 0 Å². The monoisotopic (exact) mass is 272 g/mol. The number of methoxy groups -OCH3 is 1. The van der Waals surface area contributed by atoms with Crippen LogP contribution in [0.4, 0.5) is 5.82 Å². The highest BCUT2D eigenvalue weighted by atomic mass is 35.5. The molecule has 100 valence electrons. The van der Waals surface area contributed by atoms with E-state index in [-0.39, 0.29) is 5.56 Å². The Labute approximate surface area is 111 Å². The fourth-order valence-electron chi connectivity index (χ4n) is 1.99. The Morgan fingerprint density at radius 2 is 2.17 bits per heavy atom. The SMILES string of the molecule is COCCN1CCN(c2nc(Cl)c[nH]c2=O)CC1. The number of anilines is 1. The van der Waals surface area contributed by atoms with Crippen molar-refractivity contribution < 1.29 is 4.74 Å². The van der Waals surface area contributed by atoms with Crippen LogP contribution in [0.2, 0.25) is 5.15 Å². The molecule has 1 aromatic heterocycles. The van der Waals surface area contributed by atoms with Crippen LogP contribution in [0.1, 0.15) is 0 Å². The molecule has 1 aliphatic heterocycles. The summed E-state index contributed by atoms with van der Waals surface area (Å²) >= 11 is 5.80. The Kier molecular flexibility index (Phi) is 4.57. The molecule has 0 amide bonds. The Hall–Kier alpha value is -1.11. The first-order chi connectivity index (χ1) is 8.70. The van der Waals surface area contributed by atoms with Crippen LogP contribution < -0.4 is 10.5 Å². The number of nitrogens with zero attached hydrogens (tertiary/aromatic N) is 3. The van der Waals surface area contributed by atoms with Gasteiger partial charge in [-0.05, 0) is 0 Å². The third-order valence-electron chi connectivity index (χ3n) is 3.02. The topological polar surface area (TPSA) is 61.5 Å². The van der Waals surface area contributed by atoms with Crippen LogP contribution in [0.15, 0.2) is 11.0 Å². The van der Waals surface area contributed by atoms with E-state index in [4.69, 9.17) is 16.3 Å². The largest absolute Gasteiger partial charge is 0.383 e. The predicted octanol–water partition coefficient (Wildman–Crippen LogP) is 0.192. The second-order valence-corrected chi connectivity index (χ2v) is 4.58. The van der Waals surface area contributed by atoms with Crippen molar-refractivity contribution in [2.24, 2.45) is 0 Å². The zero-order chi connectivity index (χ0) is 13.0. The lowest BCUT2D eigenvalue weighted by atomic mass is 10.3. The van der Waals surface area contributed by atoms with E-state index in [0.717, 1.165) is 39.3 Å². The normalized spacial score (nSPS) is 17.1. The molecule has 0 spiro atoms. The van der Waals surface area contributed by atoms with Gasteiger partial charge in [-0.15, -0.1) is 0 Å². The minimum absolute atomic E-state index is 0.190. The summed E-state index contributed by atoms with van der Waals surface area (Å²) in [5, 5.41) is 0.311. The van der Waals surface area contributed by atoms with E-state index in [1.54, 1.807) is 7.11 Å². The summed E-state index contributed by atoms with van der Waals surface area (Å²) in [6, 6.07) is 0.